The topological polar surface area (TPSA) is 93.5 Å². The molecule has 9 heteroatoms. The molecule has 1 unspecified atom stereocenters. The number of nitrogens with zero attached hydrogens (tertiary/aromatic N) is 6. The van der Waals surface area contributed by atoms with Crippen molar-refractivity contribution in [3.63, 3.8) is 0 Å². The zero-order valence-electron chi connectivity index (χ0n) is 28.5. The standard InChI is InChI=1S/C35H36N6O3/c1-7-9-21-10-8-11-24-29(21)27-17-28(39(6)31(24)42)30-38-25-13-12-22(16-26(25)41(27)30)23-18-36-32(37-19-23)35(5)14-15-40(20-35)33(43)44-34(2,3)4/h8,10-13,16,18-19,27-28H,14-15,17,20H2,1-6H3/t27-,28-,35?/m1/s1/i6D3. The van der Waals surface area contributed by atoms with Gasteiger partial charge < -0.3 is 19.1 Å². The van der Waals surface area contributed by atoms with Crippen LogP contribution in [0, 0.1) is 11.8 Å². The molecule has 5 heterocycles. The molecular weight excluding hydrogens is 552 g/mol. The van der Waals surface area contributed by atoms with Crippen molar-refractivity contribution in [2.75, 3.05) is 20.1 Å². The van der Waals surface area contributed by atoms with Crippen molar-refractivity contribution in [3.8, 4) is 23.0 Å². The Labute approximate surface area is 261 Å². The third-order valence-electron chi connectivity index (χ3n) is 8.88. The number of likely N-dealkylation sites (tertiary alicyclic amines) is 1. The molecular formula is C35H36N6O3. The van der Waals surface area contributed by atoms with Gasteiger partial charge in [-0.3, -0.25) is 4.79 Å². The Balaban J connectivity index is 1.26. The molecule has 3 aliphatic heterocycles. The molecule has 2 bridgehead atoms. The number of carbonyl (C=O) groups is 2. The molecule has 7 rings (SSSR count). The molecule has 1 saturated heterocycles. The lowest BCUT2D eigenvalue weighted by Crippen LogP contribution is -2.37. The summed E-state index contributed by atoms with van der Waals surface area (Å²) >= 11 is 0. The molecule has 4 aromatic rings. The van der Waals surface area contributed by atoms with Crippen LogP contribution in [0.4, 0.5) is 4.79 Å². The zero-order chi connectivity index (χ0) is 33.5. The molecule has 224 valence electrons. The van der Waals surface area contributed by atoms with Crippen LogP contribution in [0.1, 0.15) is 96.8 Å². The molecule has 0 radical (unpaired) electrons. The van der Waals surface area contributed by atoms with Gasteiger partial charge in [-0.25, -0.2) is 19.7 Å². The Morgan fingerprint density at radius 1 is 1.14 bits per heavy atom. The summed E-state index contributed by atoms with van der Waals surface area (Å²) < 4.78 is 32.5. The van der Waals surface area contributed by atoms with Crippen LogP contribution < -0.4 is 0 Å². The van der Waals surface area contributed by atoms with E-state index < -0.39 is 29.9 Å². The minimum Gasteiger partial charge on any atom is -0.444 e. The van der Waals surface area contributed by atoms with Crippen molar-refractivity contribution < 1.29 is 18.4 Å². The summed E-state index contributed by atoms with van der Waals surface area (Å²) in [6.07, 6.45) is 4.38. The highest BCUT2D eigenvalue weighted by molar-refractivity contribution is 5.98. The van der Waals surface area contributed by atoms with Gasteiger partial charge in [0, 0.05) is 70.7 Å². The van der Waals surface area contributed by atoms with Gasteiger partial charge in [0.1, 0.15) is 17.2 Å². The fourth-order valence-corrected chi connectivity index (χ4v) is 6.78. The highest BCUT2D eigenvalue weighted by atomic mass is 16.6. The first-order chi connectivity index (χ1) is 22.2. The van der Waals surface area contributed by atoms with E-state index in [4.69, 9.17) is 23.8 Å². The van der Waals surface area contributed by atoms with Gasteiger partial charge in [-0.05, 0) is 63.9 Å². The lowest BCUT2D eigenvalue weighted by atomic mass is 9.88. The minimum atomic E-state index is -2.65. The SMILES string of the molecule is [2H]C([2H])([2H])N1C(=O)c2cccc(C#CC)c2[C@H]2C[C@@H]1c1nc3ccc(-c4cnc(C5(C)CCN(C(=O)OC(C)(C)C)C5)nc4)cc3n12. The van der Waals surface area contributed by atoms with Crippen molar-refractivity contribution in [2.24, 2.45) is 0 Å². The third kappa shape index (κ3) is 4.43. The van der Waals surface area contributed by atoms with Gasteiger partial charge in [0.2, 0.25) is 0 Å². The number of benzene rings is 2. The molecule has 3 aliphatic rings. The number of rotatable bonds is 2. The predicted molar refractivity (Wildman–Crippen MR) is 167 cm³/mol. The number of ether oxygens (including phenoxy) is 1. The maximum atomic E-state index is 13.8. The monoisotopic (exact) mass is 591 g/mol. The van der Waals surface area contributed by atoms with Crippen molar-refractivity contribution in [1.82, 2.24) is 29.3 Å². The molecule has 0 N–H and O–H groups in total. The van der Waals surface area contributed by atoms with Crippen LogP contribution >= 0.6 is 0 Å². The molecule has 2 amide bonds. The molecule has 0 spiro atoms. The second kappa shape index (κ2) is 9.91. The molecule has 44 heavy (non-hydrogen) atoms. The smallest absolute Gasteiger partial charge is 0.410 e. The van der Waals surface area contributed by atoms with Gasteiger partial charge in [0.25, 0.3) is 5.91 Å². The number of carbonyl (C=O) groups excluding carboxylic acids is 2. The van der Waals surface area contributed by atoms with E-state index in [1.165, 1.54) is 0 Å². The van der Waals surface area contributed by atoms with Gasteiger partial charge in [0.05, 0.1) is 23.1 Å². The summed E-state index contributed by atoms with van der Waals surface area (Å²) in [7, 11) is 0. The Hall–Kier alpha value is -4.71. The average Bonchev–Trinajstić information content (AvgIpc) is 3.66. The first-order valence-corrected chi connectivity index (χ1v) is 14.9. The van der Waals surface area contributed by atoms with E-state index in [9.17, 15) is 9.59 Å². The summed E-state index contributed by atoms with van der Waals surface area (Å²) in [5.41, 5.74) is 4.04. The summed E-state index contributed by atoms with van der Waals surface area (Å²) in [4.78, 5) is 43.6. The van der Waals surface area contributed by atoms with Gasteiger partial charge in [0.15, 0.2) is 0 Å². The van der Waals surface area contributed by atoms with Crippen molar-refractivity contribution in [1.29, 1.82) is 0 Å². The number of imidazole rings is 1. The summed E-state index contributed by atoms with van der Waals surface area (Å²) in [5, 5.41) is 0. The molecule has 2 aromatic heterocycles. The number of aromatic nitrogens is 4. The van der Waals surface area contributed by atoms with Gasteiger partial charge in [-0.15, -0.1) is 5.92 Å². The highest BCUT2D eigenvalue weighted by Gasteiger charge is 2.44. The number of fused-ring (bicyclic) bond motifs is 9. The largest absolute Gasteiger partial charge is 0.444 e. The molecule has 3 atom stereocenters. The fourth-order valence-electron chi connectivity index (χ4n) is 6.78. The molecule has 9 nitrogen and oxygen atoms in total. The summed E-state index contributed by atoms with van der Waals surface area (Å²) in [6, 6.07) is 10.2. The van der Waals surface area contributed by atoms with Gasteiger partial charge in [-0.2, -0.15) is 0 Å². The summed E-state index contributed by atoms with van der Waals surface area (Å²) in [6.45, 7) is 7.76. The van der Waals surface area contributed by atoms with Crippen LogP contribution in [0.15, 0.2) is 48.8 Å². The number of hydrogen-bond acceptors (Lipinski definition) is 6. The lowest BCUT2D eigenvalue weighted by Gasteiger charge is -2.26. The minimum absolute atomic E-state index is 0.326. The fraction of sp³-hybridized carbons (Fsp3) is 0.400. The Morgan fingerprint density at radius 3 is 2.66 bits per heavy atom. The van der Waals surface area contributed by atoms with E-state index in [-0.39, 0.29) is 12.1 Å². The van der Waals surface area contributed by atoms with E-state index in [0.717, 1.165) is 33.5 Å². The molecule has 1 fully saturated rings. The predicted octanol–water partition coefficient (Wildman–Crippen LogP) is 5.88. The lowest BCUT2D eigenvalue weighted by molar-refractivity contribution is 0.0284. The van der Waals surface area contributed by atoms with Crippen LogP contribution in [0.5, 0.6) is 0 Å². The first kappa shape index (κ1) is 24.7. The van der Waals surface area contributed by atoms with E-state index in [0.29, 0.717) is 47.8 Å². The quantitative estimate of drug-likeness (QED) is 0.270. The van der Waals surface area contributed by atoms with Crippen LogP contribution in [0.2, 0.25) is 0 Å². The molecule has 0 aliphatic carbocycles. The Kier molecular flexibility index (Phi) is 5.57. The van der Waals surface area contributed by atoms with Crippen molar-refractivity contribution in [3.05, 3.63) is 77.1 Å². The van der Waals surface area contributed by atoms with Gasteiger partial charge >= 0.3 is 6.09 Å². The van der Waals surface area contributed by atoms with E-state index in [1.54, 1.807) is 36.4 Å². The van der Waals surface area contributed by atoms with Crippen LogP contribution in [-0.4, -0.2) is 67.0 Å². The normalized spacial score (nSPS) is 23.7. The second-order valence-electron chi connectivity index (χ2n) is 13.1. The van der Waals surface area contributed by atoms with Crippen molar-refractivity contribution in [2.45, 2.75) is 70.6 Å². The van der Waals surface area contributed by atoms with Gasteiger partial charge in [-0.1, -0.05) is 25.0 Å². The molecule has 0 saturated carbocycles. The molecule has 2 aromatic carbocycles. The second-order valence-corrected chi connectivity index (χ2v) is 13.1. The maximum absolute atomic E-state index is 13.8. The summed E-state index contributed by atoms with van der Waals surface area (Å²) in [5.74, 6) is 6.77. The Morgan fingerprint density at radius 2 is 1.93 bits per heavy atom. The zero-order valence-corrected chi connectivity index (χ0v) is 25.5. The van der Waals surface area contributed by atoms with Crippen LogP contribution in [0.3, 0.4) is 0 Å². The Bertz CT molecular complexity index is 2000. The number of amides is 2. The van der Waals surface area contributed by atoms with Crippen LogP contribution in [-0.2, 0) is 10.2 Å². The van der Waals surface area contributed by atoms with E-state index in [2.05, 4.69) is 23.3 Å². The first-order valence-electron chi connectivity index (χ1n) is 16.4. The van der Waals surface area contributed by atoms with E-state index >= 15 is 0 Å². The maximum Gasteiger partial charge on any atom is 0.410 e. The number of hydrogen-bond donors (Lipinski definition) is 0. The van der Waals surface area contributed by atoms with Crippen LogP contribution in [0.25, 0.3) is 22.2 Å². The van der Waals surface area contributed by atoms with E-state index in [1.807, 2.05) is 45.0 Å². The third-order valence-corrected chi connectivity index (χ3v) is 8.88. The van der Waals surface area contributed by atoms with Crippen molar-refractivity contribution >= 4 is 23.0 Å². The average molecular weight is 592 g/mol. The highest BCUT2D eigenvalue weighted by Crippen LogP contribution is 2.48.